The standard InChI is InChI=1S/C25H36N6O4/c1-14(27-5)23(33)30-21(25(2,3)4)24(34)31-9-7-8-18(31)19(32)11-15-10-16-17(12-20(15)35-6)28-13-29-22(16)26/h10,12-14,18,21,27H,7-9,11H2,1-6H3,(H,30,33)(H2,26,28,29)/t14-,18-,21+/m0/s1. The van der Waals surface area contributed by atoms with Gasteiger partial charge in [-0.15, -0.1) is 0 Å². The average Bonchev–Trinajstić information content (AvgIpc) is 3.31. The van der Waals surface area contributed by atoms with Crippen LogP contribution in [-0.2, 0) is 20.8 Å². The van der Waals surface area contributed by atoms with E-state index in [1.54, 1.807) is 31.0 Å². The van der Waals surface area contributed by atoms with Gasteiger partial charge in [0.2, 0.25) is 11.8 Å². The number of methoxy groups -OCH3 is 1. The lowest BCUT2D eigenvalue weighted by molar-refractivity contribution is -0.143. The summed E-state index contributed by atoms with van der Waals surface area (Å²) in [5.41, 5.74) is 6.76. The Kier molecular flexibility index (Phi) is 7.94. The number of nitrogen functional groups attached to an aromatic ring is 1. The highest BCUT2D eigenvalue weighted by Gasteiger charge is 2.42. The second-order valence-electron chi connectivity index (χ2n) is 10.1. The molecule has 1 aliphatic heterocycles. The van der Waals surface area contributed by atoms with E-state index >= 15 is 0 Å². The molecule has 10 nitrogen and oxygen atoms in total. The Morgan fingerprint density at radius 2 is 1.97 bits per heavy atom. The van der Waals surface area contributed by atoms with Crippen LogP contribution in [0.5, 0.6) is 5.75 Å². The summed E-state index contributed by atoms with van der Waals surface area (Å²) < 4.78 is 5.50. The van der Waals surface area contributed by atoms with Gasteiger partial charge in [-0.1, -0.05) is 20.8 Å². The summed E-state index contributed by atoms with van der Waals surface area (Å²) in [6.07, 6.45) is 2.75. The maximum Gasteiger partial charge on any atom is 0.246 e. The fraction of sp³-hybridized carbons (Fsp3) is 0.560. The summed E-state index contributed by atoms with van der Waals surface area (Å²) in [6.45, 7) is 7.91. The Bertz CT molecular complexity index is 1110. The highest BCUT2D eigenvalue weighted by atomic mass is 16.5. The third kappa shape index (κ3) is 5.70. The molecule has 0 spiro atoms. The van der Waals surface area contributed by atoms with Crippen molar-refractivity contribution in [2.24, 2.45) is 5.41 Å². The molecule has 2 heterocycles. The second kappa shape index (κ2) is 10.6. The summed E-state index contributed by atoms with van der Waals surface area (Å²) in [5.74, 6) is 0.257. The van der Waals surface area contributed by atoms with Crippen LogP contribution in [0, 0.1) is 5.41 Å². The molecule has 0 radical (unpaired) electrons. The van der Waals surface area contributed by atoms with Crippen molar-refractivity contribution in [1.82, 2.24) is 25.5 Å². The molecule has 1 aromatic heterocycles. The number of hydrogen-bond donors (Lipinski definition) is 3. The molecule has 1 fully saturated rings. The van der Waals surface area contributed by atoms with Crippen molar-refractivity contribution < 1.29 is 19.1 Å². The molecule has 1 aromatic carbocycles. The van der Waals surface area contributed by atoms with E-state index < -0.39 is 23.5 Å². The van der Waals surface area contributed by atoms with Gasteiger partial charge in [-0.3, -0.25) is 14.4 Å². The molecule has 2 aromatic rings. The van der Waals surface area contributed by atoms with Crippen LogP contribution < -0.4 is 21.1 Å². The van der Waals surface area contributed by atoms with Gasteiger partial charge in [0.1, 0.15) is 23.9 Å². The van der Waals surface area contributed by atoms with Crippen LogP contribution in [-0.4, -0.2) is 71.3 Å². The van der Waals surface area contributed by atoms with Crippen molar-refractivity contribution in [3.63, 3.8) is 0 Å². The Labute approximate surface area is 206 Å². The van der Waals surface area contributed by atoms with Gasteiger partial charge in [-0.25, -0.2) is 9.97 Å². The second-order valence-corrected chi connectivity index (χ2v) is 10.1. The number of fused-ring (bicyclic) bond motifs is 1. The topological polar surface area (TPSA) is 140 Å². The van der Waals surface area contributed by atoms with Crippen LogP contribution >= 0.6 is 0 Å². The molecule has 1 saturated heterocycles. The highest BCUT2D eigenvalue weighted by Crippen LogP contribution is 2.30. The number of carbonyl (C=O) groups is 3. The van der Waals surface area contributed by atoms with E-state index in [-0.39, 0.29) is 24.0 Å². The van der Waals surface area contributed by atoms with E-state index in [9.17, 15) is 14.4 Å². The van der Waals surface area contributed by atoms with E-state index in [0.29, 0.717) is 41.0 Å². The van der Waals surface area contributed by atoms with Crippen molar-refractivity contribution in [3.8, 4) is 5.75 Å². The number of anilines is 1. The minimum atomic E-state index is -0.758. The SMILES string of the molecule is CN[C@@H](C)C(=O)N[C@H](C(=O)N1CCC[C@H]1C(=O)Cc1cc2c(N)ncnc2cc1OC)C(C)(C)C. The van der Waals surface area contributed by atoms with Gasteiger partial charge < -0.3 is 26.0 Å². The first-order valence-corrected chi connectivity index (χ1v) is 11.9. The van der Waals surface area contributed by atoms with Crippen LogP contribution in [0.2, 0.25) is 0 Å². The minimum Gasteiger partial charge on any atom is -0.496 e. The smallest absolute Gasteiger partial charge is 0.246 e. The maximum atomic E-state index is 13.6. The number of ether oxygens (including phenoxy) is 1. The summed E-state index contributed by atoms with van der Waals surface area (Å²) in [4.78, 5) is 49.5. The van der Waals surface area contributed by atoms with Crippen LogP contribution in [0.3, 0.4) is 0 Å². The largest absolute Gasteiger partial charge is 0.496 e. The predicted molar refractivity (Wildman–Crippen MR) is 134 cm³/mol. The van der Waals surface area contributed by atoms with Crippen LogP contribution in [0.1, 0.15) is 46.1 Å². The fourth-order valence-electron chi connectivity index (χ4n) is 4.36. The number of carbonyl (C=O) groups excluding carboxylic acids is 3. The van der Waals surface area contributed by atoms with Crippen molar-refractivity contribution in [1.29, 1.82) is 0 Å². The molecule has 2 amide bonds. The quantitative estimate of drug-likeness (QED) is 0.512. The molecule has 0 unspecified atom stereocenters. The molecule has 10 heteroatoms. The first-order chi connectivity index (χ1) is 16.5. The lowest BCUT2D eigenvalue weighted by Crippen LogP contribution is -2.58. The normalized spacial score (nSPS) is 17.8. The predicted octanol–water partition coefficient (Wildman–Crippen LogP) is 1.46. The number of rotatable bonds is 8. The van der Waals surface area contributed by atoms with Crippen molar-refractivity contribution in [3.05, 3.63) is 24.0 Å². The Morgan fingerprint density at radius 1 is 1.26 bits per heavy atom. The molecule has 0 bridgehead atoms. The van der Waals surface area contributed by atoms with Gasteiger partial charge in [0, 0.05) is 30.0 Å². The fourth-order valence-corrected chi connectivity index (χ4v) is 4.36. The van der Waals surface area contributed by atoms with Gasteiger partial charge in [0.15, 0.2) is 5.78 Å². The van der Waals surface area contributed by atoms with E-state index in [0.717, 1.165) is 6.42 Å². The monoisotopic (exact) mass is 484 g/mol. The molecular formula is C25H36N6O4. The van der Waals surface area contributed by atoms with Crippen molar-refractivity contribution in [2.45, 2.75) is 65.1 Å². The van der Waals surface area contributed by atoms with E-state index in [2.05, 4.69) is 20.6 Å². The molecule has 4 N–H and O–H groups in total. The van der Waals surface area contributed by atoms with Crippen molar-refractivity contribution >= 4 is 34.3 Å². The Hall–Kier alpha value is -3.27. The van der Waals surface area contributed by atoms with Crippen molar-refractivity contribution in [2.75, 3.05) is 26.4 Å². The number of likely N-dealkylation sites (tertiary alicyclic amines) is 1. The Balaban J connectivity index is 1.85. The number of Topliss-reactive ketones (excluding diaryl/α,β-unsaturated/α-hetero) is 1. The van der Waals surface area contributed by atoms with E-state index in [4.69, 9.17) is 10.5 Å². The van der Waals surface area contributed by atoms with Gasteiger partial charge in [-0.05, 0) is 38.3 Å². The third-order valence-corrected chi connectivity index (χ3v) is 6.57. The molecule has 0 saturated carbocycles. The Morgan fingerprint density at radius 3 is 2.60 bits per heavy atom. The minimum absolute atomic E-state index is 0.0746. The maximum absolute atomic E-state index is 13.6. The number of nitrogens with one attached hydrogen (secondary N) is 2. The number of likely N-dealkylation sites (N-methyl/N-ethyl adjacent to an activating group) is 1. The summed E-state index contributed by atoms with van der Waals surface area (Å²) in [5, 5.41) is 6.42. The first-order valence-electron chi connectivity index (χ1n) is 11.9. The average molecular weight is 485 g/mol. The lowest BCUT2D eigenvalue weighted by atomic mass is 9.85. The molecular weight excluding hydrogens is 448 g/mol. The molecule has 0 aliphatic carbocycles. The number of hydrogen-bond acceptors (Lipinski definition) is 8. The molecule has 3 rings (SSSR count). The van der Waals surface area contributed by atoms with Crippen LogP contribution in [0.25, 0.3) is 10.9 Å². The number of ketones is 1. The number of benzene rings is 1. The van der Waals surface area contributed by atoms with Gasteiger partial charge in [0.05, 0.1) is 24.7 Å². The van der Waals surface area contributed by atoms with Gasteiger partial charge in [0.25, 0.3) is 0 Å². The summed E-state index contributed by atoms with van der Waals surface area (Å²) in [6, 6.07) is 1.74. The number of amides is 2. The molecule has 190 valence electrons. The number of nitrogens with zero attached hydrogens (tertiary/aromatic N) is 3. The van der Waals surface area contributed by atoms with Gasteiger partial charge in [-0.2, -0.15) is 0 Å². The summed E-state index contributed by atoms with van der Waals surface area (Å²) >= 11 is 0. The molecule has 35 heavy (non-hydrogen) atoms. The summed E-state index contributed by atoms with van der Waals surface area (Å²) in [7, 11) is 3.22. The zero-order valence-corrected chi connectivity index (χ0v) is 21.3. The van der Waals surface area contributed by atoms with E-state index in [1.165, 1.54) is 13.4 Å². The van der Waals surface area contributed by atoms with Crippen LogP contribution in [0.4, 0.5) is 5.82 Å². The molecule has 1 aliphatic rings. The van der Waals surface area contributed by atoms with Gasteiger partial charge >= 0.3 is 0 Å². The number of nitrogens with two attached hydrogens (primary N) is 1. The number of aromatic nitrogens is 2. The zero-order chi connectivity index (χ0) is 25.9. The van der Waals surface area contributed by atoms with E-state index in [1.807, 2.05) is 20.8 Å². The first kappa shape index (κ1) is 26.3. The molecule has 3 atom stereocenters. The third-order valence-electron chi connectivity index (χ3n) is 6.57. The lowest BCUT2D eigenvalue weighted by Gasteiger charge is -2.36. The zero-order valence-electron chi connectivity index (χ0n) is 21.3. The van der Waals surface area contributed by atoms with Crippen LogP contribution in [0.15, 0.2) is 18.5 Å². The highest BCUT2D eigenvalue weighted by molar-refractivity contribution is 5.96.